The zero-order valence-corrected chi connectivity index (χ0v) is 9.25. The third-order valence-corrected chi connectivity index (χ3v) is 2.36. The first-order valence-electron chi connectivity index (χ1n) is 5.15. The molecule has 0 radical (unpaired) electrons. The van der Waals surface area contributed by atoms with E-state index in [0.29, 0.717) is 0 Å². The van der Waals surface area contributed by atoms with Crippen molar-refractivity contribution in [3.63, 3.8) is 0 Å². The highest BCUT2D eigenvalue weighted by molar-refractivity contribution is 5.51. The molecule has 1 N–H and O–H groups in total. The normalized spacial score (nSPS) is 10.2. The van der Waals surface area contributed by atoms with Crippen LogP contribution in [-0.2, 0) is 6.54 Å². The van der Waals surface area contributed by atoms with Gasteiger partial charge >= 0.3 is 0 Å². The molecule has 0 unspecified atom stereocenters. The molecule has 0 saturated heterocycles. The highest BCUT2D eigenvalue weighted by Gasteiger charge is 2.06. The first-order chi connectivity index (χ1) is 6.83. The standard InChI is InChI=1S/C11H19N3/c1-4-14(5-2)11-9-13-7-6-10(11)8-12-3/h6-7,9,12H,4-5,8H2,1-3H3. The van der Waals surface area contributed by atoms with Crippen LogP contribution in [0.25, 0.3) is 0 Å². The molecule has 0 aliphatic rings. The summed E-state index contributed by atoms with van der Waals surface area (Å²) in [6.07, 6.45) is 3.79. The van der Waals surface area contributed by atoms with Gasteiger partial charge in [0.1, 0.15) is 0 Å². The molecule has 0 atom stereocenters. The Morgan fingerprint density at radius 1 is 1.36 bits per heavy atom. The molecule has 1 rings (SSSR count). The monoisotopic (exact) mass is 193 g/mol. The summed E-state index contributed by atoms with van der Waals surface area (Å²) in [5.74, 6) is 0. The van der Waals surface area contributed by atoms with Crippen molar-refractivity contribution in [2.24, 2.45) is 0 Å². The Morgan fingerprint density at radius 2 is 2.07 bits per heavy atom. The van der Waals surface area contributed by atoms with E-state index in [-0.39, 0.29) is 0 Å². The van der Waals surface area contributed by atoms with Crippen molar-refractivity contribution in [3.8, 4) is 0 Å². The number of nitrogens with zero attached hydrogens (tertiary/aromatic N) is 2. The maximum atomic E-state index is 4.17. The average molecular weight is 193 g/mol. The van der Waals surface area contributed by atoms with Crippen LogP contribution in [0.3, 0.4) is 0 Å². The Labute approximate surface area is 86.2 Å². The molecule has 0 amide bonds. The Bertz CT molecular complexity index is 269. The minimum Gasteiger partial charge on any atom is -0.371 e. The van der Waals surface area contributed by atoms with Crippen molar-refractivity contribution >= 4 is 5.69 Å². The Morgan fingerprint density at radius 3 is 2.64 bits per heavy atom. The van der Waals surface area contributed by atoms with Crippen LogP contribution in [0.1, 0.15) is 19.4 Å². The Hall–Kier alpha value is -1.09. The van der Waals surface area contributed by atoms with Gasteiger partial charge in [-0.15, -0.1) is 0 Å². The molecule has 0 aromatic carbocycles. The summed E-state index contributed by atoms with van der Waals surface area (Å²) in [6.45, 7) is 7.28. The van der Waals surface area contributed by atoms with Gasteiger partial charge in [-0.1, -0.05) is 0 Å². The summed E-state index contributed by atoms with van der Waals surface area (Å²) in [5.41, 5.74) is 2.55. The van der Waals surface area contributed by atoms with Crippen LogP contribution in [0.4, 0.5) is 5.69 Å². The lowest BCUT2D eigenvalue weighted by atomic mass is 10.2. The van der Waals surface area contributed by atoms with Crippen LogP contribution in [0.15, 0.2) is 18.5 Å². The maximum absolute atomic E-state index is 4.17. The van der Waals surface area contributed by atoms with Crippen molar-refractivity contribution in [1.29, 1.82) is 0 Å². The van der Waals surface area contributed by atoms with Crippen LogP contribution in [0.2, 0.25) is 0 Å². The number of aromatic nitrogens is 1. The average Bonchev–Trinajstić information content (AvgIpc) is 2.23. The minimum atomic E-state index is 0.897. The van der Waals surface area contributed by atoms with E-state index in [1.165, 1.54) is 11.3 Å². The van der Waals surface area contributed by atoms with Crippen LogP contribution in [0.5, 0.6) is 0 Å². The maximum Gasteiger partial charge on any atom is 0.0598 e. The number of pyridine rings is 1. The van der Waals surface area contributed by atoms with Crippen LogP contribution in [-0.4, -0.2) is 25.1 Å². The molecule has 1 aromatic heterocycles. The van der Waals surface area contributed by atoms with Gasteiger partial charge in [-0.3, -0.25) is 4.98 Å². The van der Waals surface area contributed by atoms with Crippen LogP contribution < -0.4 is 10.2 Å². The predicted molar refractivity (Wildman–Crippen MR) is 60.6 cm³/mol. The third kappa shape index (κ3) is 2.45. The van der Waals surface area contributed by atoms with Gasteiger partial charge in [-0.2, -0.15) is 0 Å². The quantitative estimate of drug-likeness (QED) is 0.770. The molecular formula is C11H19N3. The second-order valence-electron chi connectivity index (χ2n) is 3.21. The lowest BCUT2D eigenvalue weighted by Gasteiger charge is -2.23. The Balaban J connectivity index is 2.92. The molecule has 78 valence electrons. The lowest BCUT2D eigenvalue weighted by Crippen LogP contribution is -2.24. The third-order valence-electron chi connectivity index (χ3n) is 2.36. The summed E-state index contributed by atoms with van der Waals surface area (Å²) in [5, 5.41) is 3.17. The smallest absolute Gasteiger partial charge is 0.0598 e. The van der Waals surface area contributed by atoms with Gasteiger partial charge in [0.15, 0.2) is 0 Å². The van der Waals surface area contributed by atoms with Gasteiger partial charge in [-0.25, -0.2) is 0 Å². The van der Waals surface area contributed by atoms with Crippen molar-refractivity contribution in [2.45, 2.75) is 20.4 Å². The SMILES string of the molecule is CCN(CC)c1cnccc1CNC. The number of anilines is 1. The van der Waals surface area contributed by atoms with E-state index in [9.17, 15) is 0 Å². The van der Waals surface area contributed by atoms with Gasteiger partial charge in [0.25, 0.3) is 0 Å². The van der Waals surface area contributed by atoms with Crippen molar-refractivity contribution in [3.05, 3.63) is 24.0 Å². The van der Waals surface area contributed by atoms with E-state index in [1.54, 1.807) is 0 Å². The second kappa shape index (κ2) is 5.60. The number of hydrogen-bond acceptors (Lipinski definition) is 3. The molecular weight excluding hydrogens is 174 g/mol. The van der Waals surface area contributed by atoms with Crippen LogP contribution >= 0.6 is 0 Å². The summed E-state index contributed by atoms with van der Waals surface area (Å²) >= 11 is 0. The first-order valence-corrected chi connectivity index (χ1v) is 5.15. The first kappa shape index (κ1) is 11.0. The predicted octanol–water partition coefficient (Wildman–Crippen LogP) is 1.65. The van der Waals surface area contributed by atoms with Crippen molar-refractivity contribution in [1.82, 2.24) is 10.3 Å². The summed E-state index contributed by atoms with van der Waals surface area (Å²) in [4.78, 5) is 6.49. The van der Waals surface area contributed by atoms with Gasteiger partial charge in [-0.05, 0) is 32.5 Å². The topological polar surface area (TPSA) is 28.2 Å². The number of nitrogens with one attached hydrogen (secondary N) is 1. The minimum absolute atomic E-state index is 0.897. The Kier molecular flexibility index (Phi) is 4.40. The number of rotatable bonds is 5. The summed E-state index contributed by atoms with van der Waals surface area (Å²) < 4.78 is 0. The fourth-order valence-corrected chi connectivity index (χ4v) is 1.60. The summed E-state index contributed by atoms with van der Waals surface area (Å²) in [6, 6.07) is 2.07. The van der Waals surface area contributed by atoms with Gasteiger partial charge in [0, 0.05) is 25.8 Å². The summed E-state index contributed by atoms with van der Waals surface area (Å²) in [7, 11) is 1.96. The molecule has 3 nitrogen and oxygen atoms in total. The molecule has 14 heavy (non-hydrogen) atoms. The highest BCUT2D eigenvalue weighted by Crippen LogP contribution is 2.18. The fraction of sp³-hybridized carbons (Fsp3) is 0.545. The molecule has 0 aliphatic heterocycles. The zero-order valence-electron chi connectivity index (χ0n) is 9.25. The van der Waals surface area contributed by atoms with E-state index >= 15 is 0 Å². The molecule has 1 heterocycles. The van der Waals surface area contributed by atoms with Crippen LogP contribution in [0, 0.1) is 0 Å². The van der Waals surface area contributed by atoms with Gasteiger partial charge in [0.05, 0.1) is 11.9 Å². The van der Waals surface area contributed by atoms with E-state index in [4.69, 9.17) is 0 Å². The fourth-order valence-electron chi connectivity index (χ4n) is 1.60. The van der Waals surface area contributed by atoms with Gasteiger partial charge < -0.3 is 10.2 Å². The van der Waals surface area contributed by atoms with E-state index in [2.05, 4.69) is 35.1 Å². The van der Waals surface area contributed by atoms with E-state index in [1.807, 2.05) is 19.4 Å². The molecule has 0 bridgehead atoms. The zero-order chi connectivity index (χ0) is 10.4. The van der Waals surface area contributed by atoms with Gasteiger partial charge in [0.2, 0.25) is 0 Å². The molecule has 1 aromatic rings. The second-order valence-corrected chi connectivity index (χ2v) is 3.21. The molecule has 0 fully saturated rings. The highest BCUT2D eigenvalue weighted by atomic mass is 15.1. The number of hydrogen-bond donors (Lipinski definition) is 1. The molecule has 0 spiro atoms. The molecule has 0 aliphatic carbocycles. The van der Waals surface area contributed by atoms with Crippen molar-refractivity contribution < 1.29 is 0 Å². The van der Waals surface area contributed by atoms with Crippen molar-refractivity contribution in [2.75, 3.05) is 25.0 Å². The largest absolute Gasteiger partial charge is 0.371 e. The lowest BCUT2D eigenvalue weighted by molar-refractivity contribution is 0.792. The molecule has 0 saturated carbocycles. The molecule has 3 heteroatoms. The van der Waals surface area contributed by atoms with E-state index < -0.39 is 0 Å². The van der Waals surface area contributed by atoms with E-state index in [0.717, 1.165) is 19.6 Å².